The zero-order valence-corrected chi connectivity index (χ0v) is 8.68. The molecule has 1 unspecified atom stereocenters. The molecule has 0 aliphatic carbocycles. The second-order valence-electron chi connectivity index (χ2n) is 3.60. The van der Waals surface area contributed by atoms with Gasteiger partial charge in [-0.25, -0.2) is 8.78 Å². The molecule has 15 heavy (non-hydrogen) atoms. The normalized spacial score (nSPS) is 12.6. The number of Topliss-reactive ketones (excluding diaryl/α,β-unsaturated/α-hetero) is 1. The molecule has 1 rings (SSSR count). The molecule has 4 heteroatoms. The van der Waals surface area contributed by atoms with Gasteiger partial charge in [0.2, 0.25) is 0 Å². The van der Waals surface area contributed by atoms with E-state index in [0.717, 1.165) is 12.1 Å². The monoisotopic (exact) mass is 213 g/mol. The number of carbonyl (C=O) groups is 1. The summed E-state index contributed by atoms with van der Waals surface area (Å²) in [5.41, 5.74) is 5.23. The second kappa shape index (κ2) is 4.49. The number of nitrogens with two attached hydrogens (primary N) is 1. The van der Waals surface area contributed by atoms with Crippen molar-refractivity contribution in [2.45, 2.75) is 13.8 Å². The van der Waals surface area contributed by atoms with Crippen LogP contribution in [0.25, 0.3) is 0 Å². The Morgan fingerprint density at radius 2 is 1.87 bits per heavy atom. The standard InChI is InChI=1S/C11H13F2NO/c1-6-3-8(12)10(9(13)4-6)11(15)7(2)5-14/h3-4,7H,5,14H2,1-2H3. The van der Waals surface area contributed by atoms with Crippen molar-refractivity contribution in [1.82, 2.24) is 0 Å². The highest BCUT2D eigenvalue weighted by Gasteiger charge is 2.21. The minimum absolute atomic E-state index is 0.0750. The van der Waals surface area contributed by atoms with Gasteiger partial charge in [0.25, 0.3) is 0 Å². The molecule has 1 aromatic carbocycles. The highest BCUT2D eigenvalue weighted by molar-refractivity contribution is 5.98. The van der Waals surface area contributed by atoms with E-state index in [4.69, 9.17) is 5.73 Å². The first-order chi connectivity index (χ1) is 6.97. The number of ketones is 1. The molecular weight excluding hydrogens is 200 g/mol. The van der Waals surface area contributed by atoms with E-state index in [1.807, 2.05) is 0 Å². The van der Waals surface area contributed by atoms with Gasteiger partial charge in [-0.1, -0.05) is 6.92 Å². The Kier molecular flexibility index (Phi) is 3.52. The van der Waals surface area contributed by atoms with Gasteiger partial charge in [0, 0.05) is 12.5 Å². The van der Waals surface area contributed by atoms with E-state index >= 15 is 0 Å². The van der Waals surface area contributed by atoms with Crippen LogP contribution in [0.15, 0.2) is 12.1 Å². The fraction of sp³-hybridized carbons (Fsp3) is 0.364. The summed E-state index contributed by atoms with van der Waals surface area (Å²) in [5, 5.41) is 0. The van der Waals surface area contributed by atoms with Crippen LogP contribution >= 0.6 is 0 Å². The second-order valence-corrected chi connectivity index (χ2v) is 3.60. The van der Waals surface area contributed by atoms with Gasteiger partial charge in [-0.15, -0.1) is 0 Å². The Balaban J connectivity index is 3.20. The average molecular weight is 213 g/mol. The van der Waals surface area contributed by atoms with Crippen LogP contribution in [-0.2, 0) is 0 Å². The summed E-state index contributed by atoms with van der Waals surface area (Å²) >= 11 is 0. The third-order valence-corrected chi connectivity index (χ3v) is 2.23. The fourth-order valence-electron chi connectivity index (χ4n) is 1.29. The van der Waals surface area contributed by atoms with Gasteiger partial charge < -0.3 is 5.73 Å². The quantitative estimate of drug-likeness (QED) is 0.781. The lowest BCUT2D eigenvalue weighted by Gasteiger charge is -2.09. The predicted molar refractivity (Wildman–Crippen MR) is 53.6 cm³/mol. The Bertz CT molecular complexity index is 367. The molecule has 0 spiro atoms. The summed E-state index contributed by atoms with van der Waals surface area (Å²) in [6.45, 7) is 3.18. The molecule has 2 nitrogen and oxygen atoms in total. The topological polar surface area (TPSA) is 43.1 Å². The lowest BCUT2D eigenvalue weighted by Crippen LogP contribution is -2.22. The van der Waals surface area contributed by atoms with E-state index in [1.165, 1.54) is 0 Å². The molecule has 0 saturated carbocycles. The van der Waals surface area contributed by atoms with Gasteiger partial charge in [-0.05, 0) is 24.6 Å². The molecule has 82 valence electrons. The SMILES string of the molecule is Cc1cc(F)c(C(=O)C(C)CN)c(F)c1. The van der Waals surface area contributed by atoms with Gasteiger partial charge in [0.05, 0.1) is 5.56 Å². The number of hydrogen-bond acceptors (Lipinski definition) is 2. The van der Waals surface area contributed by atoms with Crippen LogP contribution in [0.4, 0.5) is 8.78 Å². The molecule has 2 N–H and O–H groups in total. The zero-order chi connectivity index (χ0) is 11.6. The smallest absolute Gasteiger partial charge is 0.172 e. The molecule has 0 aliphatic heterocycles. The van der Waals surface area contributed by atoms with Crippen LogP contribution in [0.5, 0.6) is 0 Å². The summed E-state index contributed by atoms with van der Waals surface area (Å²) in [6.07, 6.45) is 0. The first-order valence-corrected chi connectivity index (χ1v) is 4.67. The average Bonchev–Trinajstić information content (AvgIpc) is 2.14. The van der Waals surface area contributed by atoms with Gasteiger partial charge in [0.1, 0.15) is 11.6 Å². The largest absolute Gasteiger partial charge is 0.330 e. The Hall–Kier alpha value is -1.29. The van der Waals surface area contributed by atoms with Crippen molar-refractivity contribution in [3.8, 4) is 0 Å². The molecule has 1 atom stereocenters. The first-order valence-electron chi connectivity index (χ1n) is 4.67. The fourth-order valence-corrected chi connectivity index (χ4v) is 1.29. The van der Waals surface area contributed by atoms with Crippen LogP contribution < -0.4 is 5.73 Å². The van der Waals surface area contributed by atoms with Crippen LogP contribution in [0.3, 0.4) is 0 Å². The Labute approximate surface area is 87.1 Å². The summed E-state index contributed by atoms with van der Waals surface area (Å²) in [7, 11) is 0. The molecule has 0 fully saturated rings. The third kappa shape index (κ3) is 2.39. The van der Waals surface area contributed by atoms with E-state index in [0.29, 0.717) is 5.56 Å². The van der Waals surface area contributed by atoms with E-state index < -0.39 is 28.9 Å². The van der Waals surface area contributed by atoms with Gasteiger partial charge in [-0.2, -0.15) is 0 Å². The number of carbonyl (C=O) groups excluding carboxylic acids is 1. The highest BCUT2D eigenvalue weighted by atomic mass is 19.1. The number of benzene rings is 1. The minimum Gasteiger partial charge on any atom is -0.330 e. The molecule has 0 aliphatic rings. The Morgan fingerprint density at radius 1 is 1.40 bits per heavy atom. The number of aryl methyl sites for hydroxylation is 1. The number of rotatable bonds is 3. The van der Waals surface area contributed by atoms with Crippen molar-refractivity contribution in [3.63, 3.8) is 0 Å². The summed E-state index contributed by atoms with van der Waals surface area (Å²) < 4.78 is 26.7. The minimum atomic E-state index is -0.821. The molecule has 0 radical (unpaired) electrons. The maximum Gasteiger partial charge on any atom is 0.172 e. The van der Waals surface area contributed by atoms with Crippen LogP contribution in [0.2, 0.25) is 0 Å². The third-order valence-electron chi connectivity index (χ3n) is 2.23. The summed E-state index contributed by atoms with van der Waals surface area (Å²) in [6, 6.07) is 2.28. The molecule has 1 aromatic rings. The van der Waals surface area contributed by atoms with E-state index in [2.05, 4.69) is 0 Å². The molecule has 0 aromatic heterocycles. The van der Waals surface area contributed by atoms with Gasteiger partial charge >= 0.3 is 0 Å². The lowest BCUT2D eigenvalue weighted by molar-refractivity contribution is 0.0925. The van der Waals surface area contributed by atoms with Gasteiger partial charge in [-0.3, -0.25) is 4.79 Å². The Morgan fingerprint density at radius 3 is 2.27 bits per heavy atom. The molecular formula is C11H13F2NO. The van der Waals surface area contributed by atoms with Crippen molar-refractivity contribution in [2.24, 2.45) is 11.7 Å². The van der Waals surface area contributed by atoms with Crippen molar-refractivity contribution >= 4 is 5.78 Å². The maximum absolute atomic E-state index is 13.4. The number of hydrogen-bond donors (Lipinski definition) is 1. The maximum atomic E-state index is 13.4. The van der Waals surface area contributed by atoms with Gasteiger partial charge in [0.15, 0.2) is 5.78 Å². The van der Waals surface area contributed by atoms with Crippen molar-refractivity contribution in [3.05, 3.63) is 34.9 Å². The number of halogens is 2. The van der Waals surface area contributed by atoms with Crippen LogP contribution in [0.1, 0.15) is 22.8 Å². The van der Waals surface area contributed by atoms with Crippen LogP contribution in [-0.4, -0.2) is 12.3 Å². The van der Waals surface area contributed by atoms with E-state index in [9.17, 15) is 13.6 Å². The van der Waals surface area contributed by atoms with Crippen molar-refractivity contribution in [1.29, 1.82) is 0 Å². The summed E-state index contributed by atoms with van der Waals surface area (Å²) in [4.78, 5) is 11.6. The van der Waals surface area contributed by atoms with E-state index in [-0.39, 0.29) is 6.54 Å². The zero-order valence-electron chi connectivity index (χ0n) is 8.68. The van der Waals surface area contributed by atoms with Crippen molar-refractivity contribution in [2.75, 3.05) is 6.54 Å². The highest BCUT2D eigenvalue weighted by Crippen LogP contribution is 2.18. The molecule has 0 bridgehead atoms. The summed E-state index contributed by atoms with van der Waals surface area (Å²) in [5.74, 6) is -2.81. The van der Waals surface area contributed by atoms with E-state index in [1.54, 1.807) is 13.8 Å². The van der Waals surface area contributed by atoms with Crippen LogP contribution in [0, 0.1) is 24.5 Å². The van der Waals surface area contributed by atoms with Crippen molar-refractivity contribution < 1.29 is 13.6 Å². The molecule has 0 heterocycles. The predicted octanol–water partition coefficient (Wildman–Crippen LogP) is 2.05. The lowest BCUT2D eigenvalue weighted by atomic mass is 9.97. The first kappa shape index (κ1) is 11.8. The molecule has 0 amide bonds. The molecule has 0 saturated heterocycles.